The highest BCUT2D eigenvalue weighted by Gasteiger charge is 2.17. The smallest absolute Gasteiger partial charge is 0.158 e. The molecule has 0 bridgehead atoms. The van der Waals surface area contributed by atoms with Gasteiger partial charge in [-0.1, -0.05) is 0 Å². The van der Waals surface area contributed by atoms with E-state index in [1.807, 2.05) is 62.4 Å². The van der Waals surface area contributed by atoms with Crippen molar-refractivity contribution in [1.82, 2.24) is 10.0 Å². The van der Waals surface area contributed by atoms with Crippen LogP contribution in [0.3, 0.4) is 0 Å². The summed E-state index contributed by atoms with van der Waals surface area (Å²) >= 11 is -1.24. The van der Waals surface area contributed by atoms with Gasteiger partial charge in [0.05, 0.1) is 11.4 Å². The molecule has 0 saturated carbocycles. The van der Waals surface area contributed by atoms with Gasteiger partial charge in [0.2, 0.25) is 0 Å². The first-order valence-electron chi connectivity index (χ1n) is 12.2. The molecular formula is C28H42N4OS. The number of hydrazone groups is 2. The Labute approximate surface area is 210 Å². The highest BCUT2D eigenvalue weighted by molar-refractivity contribution is 7.91. The Morgan fingerprint density at radius 1 is 0.588 bits per heavy atom. The van der Waals surface area contributed by atoms with Crippen molar-refractivity contribution in [3.63, 3.8) is 0 Å². The van der Waals surface area contributed by atoms with Crippen molar-refractivity contribution in [3.8, 4) is 0 Å². The summed E-state index contributed by atoms with van der Waals surface area (Å²) in [5.41, 5.74) is 3.98. The third kappa shape index (κ3) is 7.34. The molecule has 0 spiro atoms. The summed E-state index contributed by atoms with van der Waals surface area (Å²) in [6.07, 6.45) is 0. The van der Waals surface area contributed by atoms with Crippen molar-refractivity contribution >= 4 is 22.6 Å². The molecule has 0 aliphatic carbocycles. The summed E-state index contributed by atoms with van der Waals surface area (Å²) in [6, 6.07) is 17.1. The van der Waals surface area contributed by atoms with Crippen LogP contribution in [0.25, 0.3) is 0 Å². The van der Waals surface area contributed by atoms with Crippen LogP contribution in [0, 0.1) is 0 Å². The van der Waals surface area contributed by atoms with Gasteiger partial charge in [-0.2, -0.15) is 10.2 Å². The van der Waals surface area contributed by atoms with E-state index in [4.69, 9.17) is 10.2 Å². The van der Waals surface area contributed by atoms with Gasteiger partial charge in [-0.25, -0.2) is 0 Å². The summed E-state index contributed by atoms with van der Waals surface area (Å²) in [7, 11) is 0. The SMILES string of the molecule is C/C(=N/N(C(C)C)C(C)C)c1ccc([S+]([O-])c2ccc(/C(C)=N\N(C(C)C)C(C)C)cc2)cc1. The lowest BCUT2D eigenvalue weighted by molar-refractivity contribution is 0.183. The van der Waals surface area contributed by atoms with Crippen molar-refractivity contribution in [1.29, 1.82) is 0 Å². The van der Waals surface area contributed by atoms with Crippen LogP contribution in [0.5, 0.6) is 0 Å². The molecule has 0 saturated heterocycles. The molecule has 0 aromatic heterocycles. The summed E-state index contributed by atoms with van der Waals surface area (Å²) in [5, 5.41) is 13.8. The van der Waals surface area contributed by atoms with E-state index in [2.05, 4.69) is 65.4 Å². The molecule has 0 radical (unpaired) electrons. The summed E-state index contributed by atoms with van der Waals surface area (Å²) in [5.74, 6) is 0. The minimum Gasteiger partial charge on any atom is -0.606 e. The van der Waals surface area contributed by atoms with Crippen LogP contribution in [0.1, 0.15) is 80.4 Å². The van der Waals surface area contributed by atoms with Crippen LogP contribution >= 0.6 is 0 Å². The quantitative estimate of drug-likeness (QED) is 0.219. The molecule has 34 heavy (non-hydrogen) atoms. The fourth-order valence-corrected chi connectivity index (χ4v) is 4.93. The first-order chi connectivity index (χ1) is 15.9. The number of benzene rings is 2. The van der Waals surface area contributed by atoms with Crippen molar-refractivity contribution in [2.45, 2.75) is 103 Å². The number of hydrogen-bond acceptors (Lipinski definition) is 5. The number of rotatable bonds is 10. The van der Waals surface area contributed by atoms with Gasteiger partial charge in [0.1, 0.15) is 0 Å². The van der Waals surface area contributed by atoms with E-state index < -0.39 is 11.2 Å². The molecule has 6 heteroatoms. The second kappa shape index (κ2) is 12.4. The molecule has 5 nitrogen and oxygen atoms in total. The van der Waals surface area contributed by atoms with Crippen LogP contribution in [0.15, 0.2) is 68.5 Å². The maximum atomic E-state index is 13.2. The van der Waals surface area contributed by atoms with Crippen molar-refractivity contribution in [2.75, 3.05) is 0 Å². The van der Waals surface area contributed by atoms with Crippen LogP contribution in [-0.2, 0) is 11.2 Å². The van der Waals surface area contributed by atoms with E-state index >= 15 is 0 Å². The Morgan fingerprint density at radius 3 is 1.09 bits per heavy atom. The molecule has 0 atom stereocenters. The van der Waals surface area contributed by atoms with Gasteiger partial charge < -0.3 is 4.55 Å². The van der Waals surface area contributed by atoms with Gasteiger partial charge in [-0.15, -0.1) is 0 Å². The highest BCUT2D eigenvalue weighted by atomic mass is 32.2. The number of nitrogens with zero attached hydrogens (tertiary/aromatic N) is 4. The van der Waals surface area contributed by atoms with Crippen LogP contribution in [0.2, 0.25) is 0 Å². The first-order valence-corrected chi connectivity index (χ1v) is 13.4. The largest absolute Gasteiger partial charge is 0.606 e. The molecule has 0 aliphatic heterocycles. The van der Waals surface area contributed by atoms with Gasteiger partial charge in [0.15, 0.2) is 9.79 Å². The zero-order chi connectivity index (χ0) is 25.6. The van der Waals surface area contributed by atoms with E-state index in [-0.39, 0.29) is 0 Å². The Bertz CT molecular complexity index is 867. The lowest BCUT2D eigenvalue weighted by Gasteiger charge is -2.28. The maximum absolute atomic E-state index is 13.2. The molecular weight excluding hydrogens is 440 g/mol. The van der Waals surface area contributed by atoms with Crippen molar-refractivity contribution < 1.29 is 4.55 Å². The lowest BCUT2D eigenvalue weighted by Crippen LogP contribution is -2.33. The fourth-order valence-electron chi connectivity index (χ4n) is 3.89. The van der Waals surface area contributed by atoms with Gasteiger partial charge in [0.25, 0.3) is 0 Å². The van der Waals surface area contributed by atoms with E-state index in [0.717, 1.165) is 32.3 Å². The highest BCUT2D eigenvalue weighted by Crippen LogP contribution is 2.22. The van der Waals surface area contributed by atoms with Gasteiger partial charge in [-0.3, -0.25) is 10.0 Å². The summed E-state index contributed by atoms with van der Waals surface area (Å²) < 4.78 is 13.2. The van der Waals surface area contributed by atoms with E-state index in [1.54, 1.807) is 0 Å². The molecule has 2 aromatic carbocycles. The minimum absolute atomic E-state index is 0.331. The molecule has 0 heterocycles. The lowest BCUT2D eigenvalue weighted by atomic mass is 10.1. The first kappa shape index (κ1) is 27.9. The molecule has 2 aromatic rings. The van der Waals surface area contributed by atoms with Crippen LogP contribution < -0.4 is 0 Å². The van der Waals surface area contributed by atoms with E-state index in [1.165, 1.54) is 0 Å². The second-order valence-corrected chi connectivity index (χ2v) is 11.3. The number of hydrogen-bond donors (Lipinski definition) is 0. The third-order valence-corrected chi connectivity index (χ3v) is 7.02. The Balaban J connectivity index is 2.18. The third-order valence-electron chi connectivity index (χ3n) is 5.62. The molecule has 0 amide bonds. The Kier molecular flexibility index (Phi) is 10.2. The molecule has 2 rings (SSSR count). The molecule has 0 aliphatic rings. The predicted molar refractivity (Wildman–Crippen MR) is 146 cm³/mol. The van der Waals surface area contributed by atoms with Gasteiger partial charge >= 0.3 is 0 Å². The molecule has 186 valence electrons. The van der Waals surface area contributed by atoms with Crippen LogP contribution in [-0.4, -0.2) is 50.2 Å². The van der Waals surface area contributed by atoms with Crippen molar-refractivity contribution in [2.24, 2.45) is 10.2 Å². The zero-order valence-corrected chi connectivity index (χ0v) is 23.4. The molecule has 0 N–H and O–H groups in total. The average molecular weight is 483 g/mol. The van der Waals surface area contributed by atoms with Gasteiger partial charge in [0, 0.05) is 35.3 Å². The average Bonchev–Trinajstić information content (AvgIpc) is 2.79. The van der Waals surface area contributed by atoms with Crippen LogP contribution in [0.4, 0.5) is 0 Å². The topological polar surface area (TPSA) is 54.3 Å². The Morgan fingerprint density at radius 2 is 0.853 bits per heavy atom. The van der Waals surface area contributed by atoms with Crippen molar-refractivity contribution in [3.05, 3.63) is 59.7 Å². The monoisotopic (exact) mass is 482 g/mol. The summed E-state index contributed by atoms with van der Waals surface area (Å²) in [4.78, 5) is 1.56. The zero-order valence-electron chi connectivity index (χ0n) is 22.5. The second-order valence-electron chi connectivity index (χ2n) is 9.82. The minimum atomic E-state index is -1.24. The van der Waals surface area contributed by atoms with E-state index in [9.17, 15) is 4.55 Å². The van der Waals surface area contributed by atoms with E-state index in [0.29, 0.717) is 24.2 Å². The predicted octanol–water partition coefficient (Wildman–Crippen LogP) is 6.54. The normalized spacial score (nSPS) is 13.9. The Hall–Kier alpha value is -2.31. The molecule has 0 fully saturated rings. The fraction of sp³-hybridized carbons (Fsp3) is 0.500. The standard InChI is InChI=1S/C28H42N4OS/c1-19(2)31(20(3)4)29-23(9)25-11-15-27(16-12-25)34(33)28-17-13-26(14-18-28)24(10)30-32(21(5)6)22(7)8/h11-22H,1-10H3/b29-23-,30-24-. The summed E-state index contributed by atoms with van der Waals surface area (Å²) in [6.45, 7) is 21.2. The maximum Gasteiger partial charge on any atom is 0.158 e. The van der Waals surface area contributed by atoms with Gasteiger partial charge in [-0.05, 0) is 129 Å². The molecule has 0 unspecified atom stereocenters.